The number of ether oxygens (including phenoxy) is 2. The lowest BCUT2D eigenvalue weighted by molar-refractivity contribution is 0.134. The van der Waals surface area contributed by atoms with E-state index in [9.17, 15) is 22.0 Å². The zero-order valence-electron chi connectivity index (χ0n) is 21.6. The Kier molecular flexibility index (Phi) is 8.47. The van der Waals surface area contributed by atoms with Crippen LogP contribution in [0.25, 0.3) is 11.1 Å². The molecule has 0 radical (unpaired) electrons. The third-order valence-corrected chi connectivity index (χ3v) is 7.36. The molecular formula is C29H28F2N2O5S. The molecule has 2 N–H and O–H groups in total. The molecule has 4 rings (SSSR count). The Balaban J connectivity index is 1.78. The Bertz CT molecular complexity index is 1630. The van der Waals surface area contributed by atoms with Crippen LogP contribution in [0.1, 0.15) is 37.8 Å². The number of rotatable bonds is 10. The van der Waals surface area contributed by atoms with Gasteiger partial charge in [-0.1, -0.05) is 26.0 Å². The highest BCUT2D eigenvalue weighted by Gasteiger charge is 2.19. The van der Waals surface area contributed by atoms with Crippen molar-refractivity contribution in [3.05, 3.63) is 106 Å². The summed E-state index contributed by atoms with van der Waals surface area (Å²) in [6.45, 7) is 6.33. The second kappa shape index (κ2) is 11.8. The summed E-state index contributed by atoms with van der Waals surface area (Å²) in [5.41, 5.74) is 2.18. The maximum Gasteiger partial charge on any atom is 0.261 e. The number of H-pyrrole nitrogens is 1. The Labute approximate surface area is 225 Å². The molecule has 39 heavy (non-hydrogen) atoms. The minimum atomic E-state index is -3.94. The second-order valence-corrected chi connectivity index (χ2v) is 10.8. The van der Waals surface area contributed by atoms with Gasteiger partial charge in [0.1, 0.15) is 11.6 Å². The fourth-order valence-electron chi connectivity index (χ4n) is 3.91. The molecule has 10 heteroatoms. The molecule has 0 saturated carbocycles. The van der Waals surface area contributed by atoms with Crippen LogP contribution in [0.3, 0.4) is 0 Å². The van der Waals surface area contributed by atoms with Gasteiger partial charge >= 0.3 is 0 Å². The molecule has 0 unspecified atom stereocenters. The van der Waals surface area contributed by atoms with Crippen molar-refractivity contribution in [1.29, 1.82) is 0 Å². The SMILES string of the molecule is CCOCc1cc(=O)[nH]cc1-c1cc(NS(=O)(=O)c2ccc(C(C)C)cc2)ccc1Oc1ccc(F)cc1F. The smallest absolute Gasteiger partial charge is 0.261 e. The Morgan fingerprint density at radius 2 is 1.64 bits per heavy atom. The summed E-state index contributed by atoms with van der Waals surface area (Å²) >= 11 is 0. The summed E-state index contributed by atoms with van der Waals surface area (Å²) in [7, 11) is -3.94. The van der Waals surface area contributed by atoms with E-state index < -0.39 is 21.7 Å². The van der Waals surface area contributed by atoms with Crippen LogP contribution in [-0.2, 0) is 21.4 Å². The molecule has 0 aliphatic rings. The molecule has 1 heterocycles. The van der Waals surface area contributed by atoms with Crippen molar-refractivity contribution in [2.75, 3.05) is 11.3 Å². The minimum absolute atomic E-state index is 0.0863. The van der Waals surface area contributed by atoms with Gasteiger partial charge in [0.25, 0.3) is 10.0 Å². The lowest BCUT2D eigenvalue weighted by Gasteiger charge is -2.17. The number of anilines is 1. The van der Waals surface area contributed by atoms with Crippen LogP contribution in [0, 0.1) is 11.6 Å². The molecule has 0 spiro atoms. The van der Waals surface area contributed by atoms with Crippen LogP contribution in [0.4, 0.5) is 14.5 Å². The van der Waals surface area contributed by atoms with Gasteiger partial charge in [-0.2, -0.15) is 0 Å². The first kappa shape index (κ1) is 28.0. The third-order valence-electron chi connectivity index (χ3n) is 5.96. The summed E-state index contributed by atoms with van der Waals surface area (Å²) in [5.74, 6) is -1.50. The number of hydrogen-bond donors (Lipinski definition) is 2. The highest BCUT2D eigenvalue weighted by molar-refractivity contribution is 7.92. The number of hydrogen-bond acceptors (Lipinski definition) is 5. The van der Waals surface area contributed by atoms with Crippen molar-refractivity contribution in [2.45, 2.75) is 38.2 Å². The lowest BCUT2D eigenvalue weighted by Crippen LogP contribution is -2.13. The van der Waals surface area contributed by atoms with Crippen molar-refractivity contribution in [3.8, 4) is 22.6 Å². The molecule has 0 amide bonds. The van der Waals surface area contributed by atoms with Gasteiger partial charge in [0.15, 0.2) is 11.6 Å². The summed E-state index contributed by atoms with van der Waals surface area (Å²) in [6.07, 6.45) is 1.45. The maximum atomic E-state index is 14.4. The number of pyridine rings is 1. The topological polar surface area (TPSA) is 97.5 Å². The van der Waals surface area contributed by atoms with Gasteiger partial charge in [-0.15, -0.1) is 0 Å². The first-order valence-electron chi connectivity index (χ1n) is 12.3. The van der Waals surface area contributed by atoms with E-state index in [1.54, 1.807) is 12.1 Å². The molecule has 4 aromatic rings. The molecule has 204 valence electrons. The van der Waals surface area contributed by atoms with E-state index in [2.05, 4.69) is 9.71 Å². The zero-order valence-corrected chi connectivity index (χ0v) is 22.4. The van der Waals surface area contributed by atoms with Crippen LogP contribution >= 0.6 is 0 Å². The van der Waals surface area contributed by atoms with Crippen LogP contribution in [0.2, 0.25) is 0 Å². The summed E-state index contributed by atoms with van der Waals surface area (Å²) in [6, 6.07) is 15.3. The number of sulfonamides is 1. The van der Waals surface area contributed by atoms with E-state index in [1.165, 1.54) is 42.6 Å². The Hall–Kier alpha value is -4.02. The molecule has 0 fully saturated rings. The van der Waals surface area contributed by atoms with Crippen molar-refractivity contribution < 1.29 is 26.7 Å². The first-order valence-corrected chi connectivity index (χ1v) is 13.7. The molecule has 0 saturated heterocycles. The Morgan fingerprint density at radius 1 is 0.923 bits per heavy atom. The quantitative estimate of drug-likeness (QED) is 0.231. The van der Waals surface area contributed by atoms with Gasteiger partial charge in [-0.05, 0) is 66.4 Å². The predicted molar refractivity (Wildman–Crippen MR) is 146 cm³/mol. The molecule has 1 aromatic heterocycles. The normalized spacial score (nSPS) is 11.5. The van der Waals surface area contributed by atoms with Gasteiger partial charge in [0.05, 0.1) is 11.5 Å². The van der Waals surface area contributed by atoms with Crippen LogP contribution < -0.4 is 15.0 Å². The van der Waals surface area contributed by atoms with Crippen molar-refractivity contribution in [1.82, 2.24) is 4.98 Å². The molecule has 7 nitrogen and oxygen atoms in total. The highest BCUT2D eigenvalue weighted by atomic mass is 32.2. The fraction of sp³-hybridized carbons (Fsp3) is 0.207. The van der Waals surface area contributed by atoms with E-state index in [1.807, 2.05) is 20.8 Å². The largest absolute Gasteiger partial charge is 0.454 e. The monoisotopic (exact) mass is 554 g/mol. The maximum absolute atomic E-state index is 14.4. The lowest BCUT2D eigenvalue weighted by atomic mass is 10.0. The van der Waals surface area contributed by atoms with E-state index >= 15 is 0 Å². The Morgan fingerprint density at radius 3 is 2.31 bits per heavy atom. The van der Waals surface area contributed by atoms with Crippen LogP contribution in [0.15, 0.2) is 82.6 Å². The van der Waals surface area contributed by atoms with Gasteiger partial charge in [-0.3, -0.25) is 9.52 Å². The summed E-state index contributed by atoms with van der Waals surface area (Å²) < 4.78 is 68.0. The molecule has 0 aliphatic carbocycles. The minimum Gasteiger partial charge on any atom is -0.454 e. The van der Waals surface area contributed by atoms with Gasteiger partial charge < -0.3 is 14.5 Å². The highest BCUT2D eigenvalue weighted by Crippen LogP contribution is 2.38. The molecule has 0 atom stereocenters. The fourth-order valence-corrected chi connectivity index (χ4v) is 4.96. The van der Waals surface area contributed by atoms with E-state index in [-0.39, 0.29) is 40.2 Å². The molecule has 0 bridgehead atoms. The van der Waals surface area contributed by atoms with Gasteiger partial charge in [0, 0.05) is 41.8 Å². The summed E-state index contributed by atoms with van der Waals surface area (Å²) in [4.78, 5) is 14.7. The number of aromatic amines is 1. The van der Waals surface area contributed by atoms with Crippen molar-refractivity contribution in [3.63, 3.8) is 0 Å². The summed E-state index contributed by atoms with van der Waals surface area (Å²) in [5, 5.41) is 0. The average Bonchev–Trinajstić information content (AvgIpc) is 2.90. The first-order chi connectivity index (χ1) is 18.6. The van der Waals surface area contributed by atoms with Crippen molar-refractivity contribution >= 4 is 15.7 Å². The second-order valence-electron chi connectivity index (χ2n) is 9.09. The molecular weight excluding hydrogens is 526 g/mol. The third kappa shape index (κ3) is 6.71. The molecule has 3 aromatic carbocycles. The number of nitrogens with one attached hydrogen (secondary N) is 2. The van der Waals surface area contributed by atoms with Gasteiger partial charge in [0.2, 0.25) is 5.56 Å². The number of aromatic nitrogens is 1. The number of halogens is 2. The van der Waals surface area contributed by atoms with E-state index in [4.69, 9.17) is 9.47 Å². The van der Waals surface area contributed by atoms with Crippen LogP contribution in [0.5, 0.6) is 11.5 Å². The van der Waals surface area contributed by atoms with Crippen LogP contribution in [-0.4, -0.2) is 20.0 Å². The zero-order chi connectivity index (χ0) is 28.2. The molecule has 0 aliphatic heterocycles. The van der Waals surface area contributed by atoms with Crippen molar-refractivity contribution in [2.24, 2.45) is 0 Å². The standard InChI is InChI=1S/C29H28F2N2O5S/c1-4-37-17-20-13-29(34)32-16-25(20)24-15-22(8-12-27(24)38-28-11-7-21(30)14-26(28)31)33-39(35,36)23-9-5-19(6-10-23)18(2)3/h5-16,18,33H,4,17H2,1-3H3,(H,32,34). The van der Waals surface area contributed by atoms with Gasteiger partial charge in [-0.25, -0.2) is 17.2 Å². The van der Waals surface area contributed by atoms with E-state index in [0.29, 0.717) is 29.4 Å². The predicted octanol–water partition coefficient (Wildman–Crippen LogP) is 6.57. The number of benzene rings is 3. The van der Waals surface area contributed by atoms with E-state index in [0.717, 1.165) is 17.7 Å². The average molecular weight is 555 g/mol.